The van der Waals surface area contributed by atoms with E-state index in [9.17, 15) is 9.59 Å². The molecule has 0 aromatic heterocycles. The van der Waals surface area contributed by atoms with Gasteiger partial charge in [-0.2, -0.15) is 0 Å². The molecule has 0 atom stereocenters. The third-order valence-electron chi connectivity index (χ3n) is 3.80. The second-order valence-corrected chi connectivity index (χ2v) is 5.85. The number of carboxylic acid groups (broad SMARTS) is 1. The lowest BCUT2D eigenvalue weighted by Crippen LogP contribution is -2.18. The van der Waals surface area contributed by atoms with Gasteiger partial charge in [0, 0.05) is 25.1 Å². The number of nitrogens with one attached hydrogen (secondary N) is 1. The molecule has 1 amide bonds. The van der Waals surface area contributed by atoms with Crippen molar-refractivity contribution in [3.63, 3.8) is 0 Å². The highest BCUT2D eigenvalue weighted by Gasteiger charge is 2.11. The van der Waals surface area contributed by atoms with Crippen LogP contribution in [0.25, 0.3) is 6.08 Å². The lowest BCUT2D eigenvalue weighted by molar-refractivity contribution is -0.131. The van der Waals surface area contributed by atoms with Crippen molar-refractivity contribution in [3.8, 4) is 5.75 Å². The normalized spacial score (nSPS) is 11.0. The molecule has 1 aromatic carbocycles. The molecule has 0 heterocycles. The topological polar surface area (TPSA) is 75.6 Å². The van der Waals surface area contributed by atoms with E-state index in [1.807, 2.05) is 50.3 Å². The van der Waals surface area contributed by atoms with Crippen LogP contribution in [0.15, 0.2) is 67.3 Å². The van der Waals surface area contributed by atoms with Crippen LogP contribution < -0.4 is 10.1 Å². The number of aryl methyl sites for hydroxylation is 1. The number of methoxy groups -OCH3 is 1. The van der Waals surface area contributed by atoms with Crippen LogP contribution in [-0.4, -0.2) is 31.1 Å². The van der Waals surface area contributed by atoms with Gasteiger partial charge in [-0.3, -0.25) is 4.79 Å². The number of aliphatic carboxylic acids is 1. The number of carboxylic acids is 1. The number of hydrogen-bond acceptors (Lipinski definition) is 3. The predicted octanol–water partition coefficient (Wildman–Crippen LogP) is 4.64. The predicted molar refractivity (Wildman–Crippen MR) is 120 cm³/mol. The average molecular weight is 398 g/mol. The van der Waals surface area contributed by atoms with Gasteiger partial charge < -0.3 is 15.2 Å². The first-order valence-corrected chi connectivity index (χ1v) is 9.26. The summed E-state index contributed by atoms with van der Waals surface area (Å²) < 4.78 is 5.40. The molecule has 0 saturated carbocycles. The summed E-state index contributed by atoms with van der Waals surface area (Å²) in [5.74, 6) is -0.0782. The summed E-state index contributed by atoms with van der Waals surface area (Å²) >= 11 is 0. The van der Waals surface area contributed by atoms with Crippen LogP contribution in [0.3, 0.4) is 0 Å². The minimum atomic E-state index is -0.926. The van der Waals surface area contributed by atoms with Crippen LogP contribution in [0.5, 0.6) is 5.75 Å². The SMILES string of the molecule is C=C/C=C\c1c(C)ccc(OC)c1CCC(=O)NC.C\C=C/C=C\C=C\C(=O)O. The summed E-state index contributed by atoms with van der Waals surface area (Å²) in [5.41, 5.74) is 3.32. The average Bonchev–Trinajstić information content (AvgIpc) is 2.71. The number of benzene rings is 1. The summed E-state index contributed by atoms with van der Waals surface area (Å²) in [7, 11) is 3.30. The molecule has 0 radical (unpaired) electrons. The number of carbonyl (C=O) groups excluding carboxylic acids is 1. The molecule has 2 N–H and O–H groups in total. The van der Waals surface area contributed by atoms with Crippen LogP contribution in [-0.2, 0) is 16.0 Å². The zero-order chi connectivity index (χ0) is 22.1. The summed E-state index contributed by atoms with van der Waals surface area (Å²) in [5, 5.41) is 10.8. The van der Waals surface area contributed by atoms with Gasteiger partial charge in [0.25, 0.3) is 0 Å². The van der Waals surface area contributed by atoms with Crippen LogP contribution in [0.1, 0.15) is 30.0 Å². The summed E-state index contributed by atoms with van der Waals surface area (Å²) in [4.78, 5) is 21.3. The van der Waals surface area contributed by atoms with Gasteiger partial charge in [-0.05, 0) is 37.5 Å². The number of rotatable bonds is 9. The summed E-state index contributed by atoms with van der Waals surface area (Å²) in [6, 6.07) is 3.96. The highest BCUT2D eigenvalue weighted by Crippen LogP contribution is 2.28. The van der Waals surface area contributed by atoms with Gasteiger partial charge in [-0.15, -0.1) is 0 Å². The van der Waals surface area contributed by atoms with Crippen LogP contribution in [0.2, 0.25) is 0 Å². The number of amides is 1. The molecule has 1 rings (SSSR count). The fourth-order valence-electron chi connectivity index (χ4n) is 2.35. The lowest BCUT2D eigenvalue weighted by atomic mass is 9.96. The van der Waals surface area contributed by atoms with Crippen molar-refractivity contribution in [2.45, 2.75) is 26.7 Å². The van der Waals surface area contributed by atoms with E-state index < -0.39 is 5.97 Å². The van der Waals surface area contributed by atoms with E-state index >= 15 is 0 Å². The van der Waals surface area contributed by atoms with Gasteiger partial charge in [-0.25, -0.2) is 4.79 Å². The minimum absolute atomic E-state index is 0.0298. The molecular weight excluding hydrogens is 366 g/mol. The standard InChI is InChI=1S/C16H21NO2.C8H10O2/c1-5-6-7-13-12(2)8-10-15(19-4)14(13)9-11-16(18)17-3;1-2-3-4-5-6-7-8(9)10/h5-8,10H,1,9,11H2,2-4H3,(H,17,18);2-7H,1H3,(H,9,10)/b7-6-;3-2-,5-4-,7-6+. The van der Waals surface area contributed by atoms with E-state index in [0.29, 0.717) is 12.8 Å². The number of ether oxygens (including phenoxy) is 1. The van der Waals surface area contributed by atoms with Gasteiger partial charge >= 0.3 is 5.97 Å². The molecule has 0 saturated heterocycles. The monoisotopic (exact) mass is 397 g/mol. The summed E-state index contributed by atoms with van der Waals surface area (Å²) in [6.45, 7) is 7.62. The number of allylic oxidation sites excluding steroid dienone is 7. The fraction of sp³-hybridized carbons (Fsp3) is 0.250. The summed E-state index contributed by atoms with van der Waals surface area (Å²) in [6.07, 6.45) is 16.4. The van der Waals surface area contributed by atoms with E-state index in [1.165, 1.54) is 6.08 Å². The highest BCUT2D eigenvalue weighted by molar-refractivity contribution is 5.80. The van der Waals surface area contributed by atoms with Gasteiger partial charge in [0.2, 0.25) is 5.91 Å². The van der Waals surface area contributed by atoms with Crippen molar-refractivity contribution in [2.24, 2.45) is 0 Å². The van der Waals surface area contributed by atoms with Crippen LogP contribution >= 0.6 is 0 Å². The largest absolute Gasteiger partial charge is 0.496 e. The van der Waals surface area contributed by atoms with Gasteiger partial charge in [0.1, 0.15) is 5.75 Å². The molecule has 29 heavy (non-hydrogen) atoms. The van der Waals surface area contributed by atoms with Crippen molar-refractivity contribution < 1.29 is 19.4 Å². The van der Waals surface area contributed by atoms with Gasteiger partial charge in [-0.1, -0.05) is 61.3 Å². The second-order valence-electron chi connectivity index (χ2n) is 5.85. The Kier molecular flexibility index (Phi) is 13.9. The molecule has 5 heteroatoms. The fourth-order valence-corrected chi connectivity index (χ4v) is 2.35. The van der Waals surface area contributed by atoms with E-state index in [4.69, 9.17) is 9.84 Å². The van der Waals surface area contributed by atoms with E-state index in [2.05, 4.69) is 11.9 Å². The second kappa shape index (κ2) is 15.7. The van der Waals surface area contributed by atoms with E-state index in [0.717, 1.165) is 28.5 Å². The molecule has 0 bridgehead atoms. The molecule has 0 unspecified atom stereocenters. The molecule has 0 fully saturated rings. The first-order chi connectivity index (χ1) is 13.9. The van der Waals surface area contributed by atoms with Crippen LogP contribution in [0.4, 0.5) is 0 Å². The Morgan fingerprint density at radius 3 is 2.41 bits per heavy atom. The first-order valence-electron chi connectivity index (χ1n) is 9.26. The van der Waals surface area contributed by atoms with Crippen molar-refractivity contribution in [3.05, 3.63) is 84.0 Å². The minimum Gasteiger partial charge on any atom is -0.496 e. The molecule has 156 valence electrons. The first kappa shape index (κ1) is 25.7. The van der Waals surface area contributed by atoms with E-state index in [1.54, 1.807) is 32.4 Å². The van der Waals surface area contributed by atoms with Crippen molar-refractivity contribution in [2.75, 3.05) is 14.2 Å². The molecule has 0 aliphatic carbocycles. The van der Waals surface area contributed by atoms with Crippen LogP contribution in [0, 0.1) is 6.92 Å². The van der Waals surface area contributed by atoms with Crippen molar-refractivity contribution in [1.29, 1.82) is 0 Å². The molecule has 0 spiro atoms. The zero-order valence-electron chi connectivity index (χ0n) is 17.6. The Morgan fingerprint density at radius 2 is 1.86 bits per heavy atom. The highest BCUT2D eigenvalue weighted by atomic mass is 16.5. The van der Waals surface area contributed by atoms with Gasteiger partial charge in [0.15, 0.2) is 0 Å². The third-order valence-corrected chi connectivity index (χ3v) is 3.80. The molecule has 5 nitrogen and oxygen atoms in total. The maximum absolute atomic E-state index is 11.4. The lowest BCUT2D eigenvalue weighted by Gasteiger charge is -2.14. The van der Waals surface area contributed by atoms with Gasteiger partial charge in [0.05, 0.1) is 7.11 Å². The molecule has 0 aliphatic heterocycles. The zero-order valence-corrected chi connectivity index (χ0v) is 17.6. The number of carbonyl (C=O) groups is 2. The molecule has 0 aliphatic rings. The maximum atomic E-state index is 11.4. The van der Waals surface area contributed by atoms with Crippen molar-refractivity contribution >= 4 is 18.0 Å². The third kappa shape index (κ3) is 11.2. The van der Waals surface area contributed by atoms with Crippen molar-refractivity contribution in [1.82, 2.24) is 5.32 Å². The Balaban J connectivity index is 0.000000665. The number of hydrogen-bond donors (Lipinski definition) is 2. The Hall–Kier alpha value is -3.34. The van der Waals surface area contributed by atoms with E-state index in [-0.39, 0.29) is 5.91 Å². The Morgan fingerprint density at radius 1 is 1.17 bits per heavy atom. The Bertz CT molecular complexity index is 786. The Labute approximate surface area is 173 Å². The smallest absolute Gasteiger partial charge is 0.328 e. The quantitative estimate of drug-likeness (QED) is 0.470. The maximum Gasteiger partial charge on any atom is 0.328 e. The molecule has 1 aromatic rings. The molecular formula is C24H31NO4.